The molecule has 3 rings (SSSR count). The van der Waals surface area contributed by atoms with Crippen molar-refractivity contribution in [2.75, 3.05) is 25.6 Å². The largest absolute Gasteiger partial charge is 0.475 e. The van der Waals surface area contributed by atoms with E-state index in [0.717, 1.165) is 0 Å². The van der Waals surface area contributed by atoms with Gasteiger partial charge in [-0.25, -0.2) is 4.98 Å². The van der Waals surface area contributed by atoms with Crippen LogP contribution in [0.25, 0.3) is 11.5 Å². The van der Waals surface area contributed by atoms with Gasteiger partial charge in [0.15, 0.2) is 5.82 Å². The summed E-state index contributed by atoms with van der Waals surface area (Å²) >= 11 is 0. The average Bonchev–Trinajstić information content (AvgIpc) is 3.20. The van der Waals surface area contributed by atoms with Crippen molar-refractivity contribution in [3.8, 4) is 17.3 Å². The molecule has 0 atom stereocenters. The van der Waals surface area contributed by atoms with Gasteiger partial charge in [-0.1, -0.05) is 38.1 Å². The number of carbonyl (C=O) groups excluding carboxylic acids is 1. The second kappa shape index (κ2) is 8.83. The first-order valence-corrected chi connectivity index (χ1v) is 9.21. The van der Waals surface area contributed by atoms with Gasteiger partial charge in [0, 0.05) is 18.6 Å². The molecule has 0 bridgehead atoms. The van der Waals surface area contributed by atoms with Crippen molar-refractivity contribution in [1.82, 2.24) is 15.1 Å². The van der Waals surface area contributed by atoms with Gasteiger partial charge in [0.1, 0.15) is 6.61 Å². The van der Waals surface area contributed by atoms with Crippen LogP contribution in [-0.4, -0.2) is 41.4 Å². The van der Waals surface area contributed by atoms with Crippen LogP contribution in [0.3, 0.4) is 0 Å². The number of methoxy groups -OCH3 is 1. The van der Waals surface area contributed by atoms with Gasteiger partial charge < -0.3 is 19.3 Å². The van der Waals surface area contributed by atoms with Crippen LogP contribution in [0.4, 0.5) is 5.69 Å². The molecule has 0 radical (unpaired) electrons. The van der Waals surface area contributed by atoms with Crippen LogP contribution in [0.1, 0.15) is 37.0 Å². The molecule has 1 aromatic carbocycles. The molecule has 0 spiro atoms. The van der Waals surface area contributed by atoms with Crippen LogP contribution in [0, 0.1) is 0 Å². The lowest BCUT2D eigenvalue weighted by Crippen LogP contribution is -2.14. The Balaban J connectivity index is 1.76. The first kappa shape index (κ1) is 20.5. The van der Waals surface area contributed by atoms with E-state index in [9.17, 15) is 4.79 Å². The predicted octanol–water partition coefficient (Wildman–Crippen LogP) is 3.71. The van der Waals surface area contributed by atoms with Crippen LogP contribution in [-0.2, 0) is 10.2 Å². The van der Waals surface area contributed by atoms with Crippen LogP contribution >= 0.6 is 0 Å². The van der Waals surface area contributed by atoms with Gasteiger partial charge in [0.2, 0.25) is 5.88 Å². The first-order chi connectivity index (χ1) is 13.9. The Morgan fingerprint density at radius 2 is 1.93 bits per heavy atom. The molecular formula is C21H24N4O4. The van der Waals surface area contributed by atoms with E-state index in [2.05, 4.69) is 20.4 Å². The molecule has 0 saturated heterocycles. The number of hydrogen-bond acceptors (Lipinski definition) is 7. The van der Waals surface area contributed by atoms with Crippen LogP contribution in [0.2, 0.25) is 0 Å². The van der Waals surface area contributed by atoms with Crippen LogP contribution in [0.15, 0.2) is 47.1 Å². The topological polar surface area (TPSA) is 99.4 Å². The smallest absolute Gasteiger partial charge is 0.258 e. The Labute approximate surface area is 169 Å². The minimum absolute atomic E-state index is 0.252. The molecule has 152 valence electrons. The third-order valence-electron chi connectivity index (χ3n) is 4.03. The summed E-state index contributed by atoms with van der Waals surface area (Å²) in [6, 6.07) is 10.5. The molecule has 0 aliphatic rings. The van der Waals surface area contributed by atoms with Crippen molar-refractivity contribution in [1.29, 1.82) is 0 Å². The minimum Gasteiger partial charge on any atom is -0.475 e. The van der Waals surface area contributed by atoms with Gasteiger partial charge >= 0.3 is 0 Å². The maximum atomic E-state index is 12.8. The number of nitrogens with one attached hydrogen (secondary N) is 1. The van der Waals surface area contributed by atoms with E-state index in [1.54, 1.807) is 37.4 Å². The molecule has 29 heavy (non-hydrogen) atoms. The molecule has 2 heterocycles. The summed E-state index contributed by atoms with van der Waals surface area (Å²) in [6.07, 6.45) is 1.53. The summed E-state index contributed by atoms with van der Waals surface area (Å²) in [6.45, 7) is 6.87. The zero-order valence-corrected chi connectivity index (χ0v) is 16.9. The fourth-order valence-electron chi connectivity index (χ4n) is 2.47. The fourth-order valence-corrected chi connectivity index (χ4v) is 2.47. The summed E-state index contributed by atoms with van der Waals surface area (Å²) in [5.74, 6) is 1.05. The minimum atomic E-state index is -0.300. The Morgan fingerprint density at radius 1 is 1.14 bits per heavy atom. The van der Waals surface area contributed by atoms with E-state index < -0.39 is 0 Å². The van der Waals surface area contributed by atoms with Crippen LogP contribution in [0.5, 0.6) is 5.88 Å². The number of benzene rings is 1. The average molecular weight is 396 g/mol. The lowest BCUT2D eigenvalue weighted by atomic mass is 9.96. The summed E-state index contributed by atoms with van der Waals surface area (Å²) in [5, 5.41) is 6.87. The van der Waals surface area contributed by atoms with Crippen molar-refractivity contribution < 1.29 is 18.8 Å². The van der Waals surface area contributed by atoms with E-state index >= 15 is 0 Å². The first-order valence-electron chi connectivity index (χ1n) is 9.21. The SMILES string of the molecule is COCCOc1ccc(NC(=O)c2ccccc2-c2nc(C(C)(C)C)no2)cn1. The van der Waals surface area contributed by atoms with Crippen molar-refractivity contribution in [3.05, 3.63) is 54.0 Å². The molecular weight excluding hydrogens is 372 g/mol. The van der Waals surface area contributed by atoms with E-state index in [1.807, 2.05) is 26.8 Å². The maximum absolute atomic E-state index is 12.8. The number of pyridine rings is 1. The number of nitrogens with zero attached hydrogens (tertiary/aromatic N) is 3. The van der Waals surface area contributed by atoms with Gasteiger partial charge in [0.25, 0.3) is 11.8 Å². The van der Waals surface area contributed by atoms with Gasteiger partial charge in [-0.2, -0.15) is 4.98 Å². The van der Waals surface area contributed by atoms with Gasteiger partial charge in [-0.3, -0.25) is 4.79 Å². The monoisotopic (exact) mass is 396 g/mol. The van der Waals surface area contributed by atoms with Crippen molar-refractivity contribution in [3.63, 3.8) is 0 Å². The molecule has 0 aliphatic carbocycles. The normalized spacial score (nSPS) is 11.3. The molecule has 0 fully saturated rings. The molecule has 0 saturated carbocycles. The highest BCUT2D eigenvalue weighted by molar-refractivity contribution is 6.08. The zero-order chi connectivity index (χ0) is 20.9. The molecule has 8 heteroatoms. The molecule has 1 amide bonds. The molecule has 3 aromatic rings. The molecule has 0 aliphatic heterocycles. The highest BCUT2D eigenvalue weighted by Gasteiger charge is 2.23. The molecule has 0 unspecified atom stereocenters. The fraction of sp³-hybridized carbons (Fsp3) is 0.333. The highest BCUT2D eigenvalue weighted by Crippen LogP contribution is 2.26. The Morgan fingerprint density at radius 3 is 2.59 bits per heavy atom. The molecule has 2 aromatic heterocycles. The lowest BCUT2D eigenvalue weighted by Gasteiger charge is -2.11. The number of ether oxygens (including phenoxy) is 2. The number of carbonyl (C=O) groups is 1. The Hall–Kier alpha value is -3.26. The summed E-state index contributed by atoms with van der Waals surface area (Å²) < 4.78 is 15.8. The Kier molecular flexibility index (Phi) is 6.23. The number of amides is 1. The maximum Gasteiger partial charge on any atom is 0.258 e. The number of hydrogen-bond donors (Lipinski definition) is 1. The van der Waals surface area contributed by atoms with E-state index in [0.29, 0.717) is 47.6 Å². The van der Waals surface area contributed by atoms with Gasteiger partial charge in [-0.05, 0) is 18.2 Å². The number of aromatic nitrogens is 3. The second-order valence-electron chi connectivity index (χ2n) is 7.40. The van der Waals surface area contributed by atoms with Crippen molar-refractivity contribution in [2.24, 2.45) is 0 Å². The quantitative estimate of drug-likeness (QED) is 0.608. The van der Waals surface area contributed by atoms with Gasteiger partial charge in [0.05, 0.1) is 29.6 Å². The summed E-state index contributed by atoms with van der Waals surface area (Å²) in [7, 11) is 1.60. The van der Waals surface area contributed by atoms with Crippen LogP contribution < -0.4 is 10.1 Å². The standard InChI is InChI=1S/C21H24N4O4/c1-21(2,3)20-24-19(29-25-20)16-8-6-5-7-15(16)18(26)23-14-9-10-17(22-13-14)28-12-11-27-4/h5-10,13H,11-12H2,1-4H3,(H,23,26). The van der Waals surface area contributed by atoms with Crippen molar-refractivity contribution in [2.45, 2.75) is 26.2 Å². The van der Waals surface area contributed by atoms with Crippen molar-refractivity contribution >= 4 is 11.6 Å². The van der Waals surface area contributed by atoms with E-state index in [1.165, 1.54) is 6.20 Å². The zero-order valence-electron chi connectivity index (χ0n) is 16.9. The summed E-state index contributed by atoms with van der Waals surface area (Å²) in [4.78, 5) is 21.5. The van der Waals surface area contributed by atoms with E-state index in [4.69, 9.17) is 14.0 Å². The third kappa shape index (κ3) is 5.17. The molecule has 8 nitrogen and oxygen atoms in total. The predicted molar refractivity (Wildman–Crippen MR) is 108 cm³/mol. The second-order valence-corrected chi connectivity index (χ2v) is 7.40. The highest BCUT2D eigenvalue weighted by atomic mass is 16.5. The summed E-state index contributed by atoms with van der Waals surface area (Å²) in [5.41, 5.74) is 1.29. The number of rotatable bonds is 7. The number of anilines is 1. The Bertz CT molecular complexity index is 961. The molecule has 1 N–H and O–H groups in total. The van der Waals surface area contributed by atoms with Gasteiger partial charge in [-0.15, -0.1) is 0 Å². The third-order valence-corrected chi connectivity index (χ3v) is 4.03. The lowest BCUT2D eigenvalue weighted by molar-refractivity contribution is 0.102. The van der Waals surface area contributed by atoms with E-state index in [-0.39, 0.29) is 11.3 Å².